The molecule has 0 saturated heterocycles. The molecule has 2 N–H and O–H groups in total. The van der Waals surface area contributed by atoms with Gasteiger partial charge in [0.15, 0.2) is 5.16 Å². The first-order valence-corrected chi connectivity index (χ1v) is 8.36. The van der Waals surface area contributed by atoms with E-state index in [4.69, 9.17) is 0 Å². The third-order valence-electron chi connectivity index (χ3n) is 3.92. The molecule has 0 aliphatic rings. The van der Waals surface area contributed by atoms with Crippen molar-refractivity contribution in [1.82, 2.24) is 20.1 Å². The zero-order valence-electron chi connectivity index (χ0n) is 13.3. The smallest absolute Gasteiger partial charge is 0.230 e. The third kappa shape index (κ3) is 5.00. The van der Waals surface area contributed by atoms with E-state index in [1.807, 2.05) is 32.3 Å². The van der Waals surface area contributed by atoms with E-state index in [9.17, 15) is 9.90 Å². The van der Waals surface area contributed by atoms with Gasteiger partial charge in [-0.1, -0.05) is 25.6 Å². The topological polar surface area (TPSA) is 80.0 Å². The highest BCUT2D eigenvalue weighted by atomic mass is 32.2. The summed E-state index contributed by atoms with van der Waals surface area (Å²) in [6.45, 7) is 8.76. The predicted octanol–water partition coefficient (Wildman–Crippen LogP) is 1.87. The van der Waals surface area contributed by atoms with Gasteiger partial charge in [0.25, 0.3) is 0 Å². The normalized spacial score (nSPS) is 11.9. The van der Waals surface area contributed by atoms with Crippen LogP contribution >= 0.6 is 11.8 Å². The maximum Gasteiger partial charge on any atom is 0.230 e. The first-order chi connectivity index (χ1) is 9.98. The van der Waals surface area contributed by atoms with E-state index in [1.54, 1.807) is 6.33 Å². The number of thioether (sulfide) groups is 1. The second-order valence-corrected chi connectivity index (χ2v) is 6.49. The van der Waals surface area contributed by atoms with Crippen molar-refractivity contribution in [3.63, 3.8) is 0 Å². The van der Waals surface area contributed by atoms with Gasteiger partial charge >= 0.3 is 0 Å². The van der Waals surface area contributed by atoms with Crippen LogP contribution in [0.1, 0.15) is 46.6 Å². The number of hydrogen-bond acceptors (Lipinski definition) is 5. The third-order valence-corrected chi connectivity index (χ3v) is 4.88. The SMILES string of the molecule is CCC(CC)(CO)CNC(=O)CSc1nncn1C(C)C. The van der Waals surface area contributed by atoms with Crippen LogP contribution in [0.15, 0.2) is 11.5 Å². The van der Waals surface area contributed by atoms with Gasteiger partial charge in [-0.15, -0.1) is 10.2 Å². The molecular formula is C14H26N4O2S. The number of carbonyl (C=O) groups excluding carboxylic acids is 1. The van der Waals surface area contributed by atoms with E-state index in [0.29, 0.717) is 12.3 Å². The lowest BCUT2D eigenvalue weighted by Crippen LogP contribution is -2.40. The summed E-state index contributed by atoms with van der Waals surface area (Å²) in [6.07, 6.45) is 3.36. The maximum atomic E-state index is 11.9. The van der Waals surface area contributed by atoms with Crippen molar-refractivity contribution in [3.8, 4) is 0 Å². The molecule has 1 heterocycles. The van der Waals surface area contributed by atoms with Crippen LogP contribution in [-0.2, 0) is 4.79 Å². The number of aliphatic hydroxyl groups excluding tert-OH is 1. The quantitative estimate of drug-likeness (QED) is 0.680. The number of carbonyl (C=O) groups is 1. The maximum absolute atomic E-state index is 11.9. The van der Waals surface area contributed by atoms with Crippen molar-refractivity contribution in [2.75, 3.05) is 18.9 Å². The molecule has 1 aromatic rings. The number of nitrogens with zero attached hydrogens (tertiary/aromatic N) is 3. The van der Waals surface area contributed by atoms with Crippen molar-refractivity contribution in [2.45, 2.75) is 51.7 Å². The number of amides is 1. The Morgan fingerprint density at radius 2 is 2.14 bits per heavy atom. The lowest BCUT2D eigenvalue weighted by atomic mass is 9.83. The van der Waals surface area contributed by atoms with Crippen LogP contribution in [-0.4, -0.2) is 44.7 Å². The summed E-state index contributed by atoms with van der Waals surface area (Å²) in [5.74, 6) is 0.262. The summed E-state index contributed by atoms with van der Waals surface area (Å²) >= 11 is 1.38. The van der Waals surface area contributed by atoms with Gasteiger partial charge in [0.1, 0.15) is 6.33 Å². The summed E-state index contributed by atoms with van der Waals surface area (Å²) in [5.41, 5.74) is -0.210. The van der Waals surface area contributed by atoms with Crippen molar-refractivity contribution in [2.24, 2.45) is 5.41 Å². The van der Waals surface area contributed by atoms with Gasteiger partial charge in [-0.25, -0.2) is 0 Å². The van der Waals surface area contributed by atoms with Crippen LogP contribution < -0.4 is 5.32 Å². The van der Waals surface area contributed by atoms with Gasteiger partial charge in [0.2, 0.25) is 5.91 Å². The van der Waals surface area contributed by atoms with E-state index >= 15 is 0 Å². The van der Waals surface area contributed by atoms with Crippen molar-refractivity contribution < 1.29 is 9.90 Å². The highest BCUT2D eigenvalue weighted by Gasteiger charge is 2.25. The fourth-order valence-electron chi connectivity index (χ4n) is 1.94. The second-order valence-electron chi connectivity index (χ2n) is 5.55. The fraction of sp³-hybridized carbons (Fsp3) is 0.786. The monoisotopic (exact) mass is 314 g/mol. The Balaban J connectivity index is 2.46. The molecule has 0 spiro atoms. The highest BCUT2D eigenvalue weighted by Crippen LogP contribution is 2.24. The molecule has 21 heavy (non-hydrogen) atoms. The summed E-state index contributed by atoms with van der Waals surface area (Å²) in [7, 11) is 0. The molecule has 1 rings (SSSR count). The van der Waals surface area contributed by atoms with Crippen LogP contribution in [0.5, 0.6) is 0 Å². The summed E-state index contributed by atoms with van der Waals surface area (Å²) < 4.78 is 1.94. The summed E-state index contributed by atoms with van der Waals surface area (Å²) in [6, 6.07) is 0.271. The molecule has 0 saturated carbocycles. The Hall–Kier alpha value is -1.08. The minimum absolute atomic E-state index is 0.0435. The lowest BCUT2D eigenvalue weighted by molar-refractivity contribution is -0.119. The second kappa shape index (κ2) is 8.38. The molecule has 0 bridgehead atoms. The van der Waals surface area contributed by atoms with Crippen LogP contribution in [0.4, 0.5) is 0 Å². The Morgan fingerprint density at radius 1 is 1.48 bits per heavy atom. The zero-order chi connectivity index (χ0) is 15.9. The molecule has 0 atom stereocenters. The number of nitrogens with one attached hydrogen (secondary N) is 1. The van der Waals surface area contributed by atoms with Crippen LogP contribution in [0.25, 0.3) is 0 Å². The van der Waals surface area contributed by atoms with E-state index in [-0.39, 0.29) is 24.0 Å². The van der Waals surface area contributed by atoms with Gasteiger partial charge in [-0.2, -0.15) is 0 Å². The summed E-state index contributed by atoms with van der Waals surface area (Å²) in [4.78, 5) is 11.9. The largest absolute Gasteiger partial charge is 0.396 e. The van der Waals surface area contributed by atoms with Gasteiger partial charge < -0.3 is 15.0 Å². The molecule has 0 aliphatic heterocycles. The average Bonchev–Trinajstić information content (AvgIpc) is 2.96. The molecule has 1 amide bonds. The van der Waals surface area contributed by atoms with E-state index in [2.05, 4.69) is 15.5 Å². The Bertz CT molecular complexity index is 436. The standard InChI is InChI=1S/C14H26N4O2S/c1-5-14(6-2,9-19)8-15-12(20)7-21-13-17-16-10-18(13)11(3)4/h10-11,19H,5-9H2,1-4H3,(H,15,20). The van der Waals surface area contributed by atoms with Crippen LogP contribution in [0.3, 0.4) is 0 Å². The molecule has 7 heteroatoms. The molecule has 6 nitrogen and oxygen atoms in total. The molecule has 0 unspecified atom stereocenters. The number of rotatable bonds is 9. The van der Waals surface area contributed by atoms with Crippen LogP contribution in [0, 0.1) is 5.41 Å². The molecule has 0 aromatic carbocycles. The first kappa shape index (κ1) is 18.0. The lowest BCUT2D eigenvalue weighted by Gasteiger charge is -2.29. The number of hydrogen-bond donors (Lipinski definition) is 2. The average molecular weight is 314 g/mol. The Labute approximate surface area is 130 Å². The molecule has 1 aromatic heterocycles. The summed E-state index contributed by atoms with van der Waals surface area (Å²) in [5, 5.41) is 21.0. The minimum Gasteiger partial charge on any atom is -0.396 e. The molecule has 0 aliphatic carbocycles. The predicted molar refractivity (Wildman–Crippen MR) is 84.2 cm³/mol. The van der Waals surface area contributed by atoms with E-state index in [0.717, 1.165) is 18.0 Å². The van der Waals surface area contributed by atoms with Crippen molar-refractivity contribution >= 4 is 17.7 Å². The highest BCUT2D eigenvalue weighted by molar-refractivity contribution is 7.99. The zero-order valence-corrected chi connectivity index (χ0v) is 14.1. The van der Waals surface area contributed by atoms with Gasteiger partial charge in [-0.3, -0.25) is 4.79 Å². The van der Waals surface area contributed by atoms with Crippen molar-refractivity contribution in [1.29, 1.82) is 0 Å². The number of aliphatic hydroxyl groups is 1. The number of aromatic nitrogens is 3. The molecule has 0 fully saturated rings. The Kier molecular flexibility index (Phi) is 7.17. The van der Waals surface area contributed by atoms with Crippen molar-refractivity contribution in [3.05, 3.63) is 6.33 Å². The van der Waals surface area contributed by atoms with E-state index in [1.165, 1.54) is 11.8 Å². The molecular weight excluding hydrogens is 288 g/mol. The van der Waals surface area contributed by atoms with Gasteiger partial charge in [-0.05, 0) is 26.7 Å². The Morgan fingerprint density at radius 3 is 2.67 bits per heavy atom. The molecule has 120 valence electrons. The van der Waals surface area contributed by atoms with E-state index < -0.39 is 0 Å². The first-order valence-electron chi connectivity index (χ1n) is 7.38. The van der Waals surface area contributed by atoms with Gasteiger partial charge in [0.05, 0.1) is 12.4 Å². The fourth-order valence-corrected chi connectivity index (χ4v) is 2.81. The van der Waals surface area contributed by atoms with Crippen LogP contribution in [0.2, 0.25) is 0 Å². The molecule has 0 radical (unpaired) electrons. The minimum atomic E-state index is -0.210. The van der Waals surface area contributed by atoms with Gasteiger partial charge in [0, 0.05) is 18.0 Å².